The third kappa shape index (κ3) is 5.96. The van der Waals surface area contributed by atoms with Crippen LogP contribution in [0.4, 0.5) is 5.69 Å². The van der Waals surface area contributed by atoms with Crippen molar-refractivity contribution in [2.24, 2.45) is 0 Å². The molecule has 3 heterocycles. The number of sulfonamides is 1. The second kappa shape index (κ2) is 10.8. The van der Waals surface area contributed by atoms with Gasteiger partial charge in [0.05, 0.1) is 17.5 Å². The Labute approximate surface area is 222 Å². The molecule has 200 valence electrons. The fraction of sp³-hybridized carbons (Fsp3) is 0.321. The number of carbonyl (C=O) groups excluding carboxylic acids is 1. The Morgan fingerprint density at radius 3 is 2.45 bits per heavy atom. The van der Waals surface area contributed by atoms with E-state index in [2.05, 4.69) is 26.9 Å². The lowest BCUT2D eigenvalue weighted by molar-refractivity contribution is 0.0944. The van der Waals surface area contributed by atoms with Crippen molar-refractivity contribution in [1.82, 2.24) is 19.7 Å². The fourth-order valence-corrected chi connectivity index (χ4v) is 5.14. The predicted molar refractivity (Wildman–Crippen MR) is 150 cm³/mol. The van der Waals surface area contributed by atoms with Gasteiger partial charge in [-0.2, -0.15) is 0 Å². The minimum absolute atomic E-state index is 0.104. The maximum atomic E-state index is 13.5. The van der Waals surface area contributed by atoms with Gasteiger partial charge in [-0.3, -0.25) is 18.7 Å². The van der Waals surface area contributed by atoms with Crippen molar-refractivity contribution in [1.29, 1.82) is 0 Å². The molecule has 1 aromatic carbocycles. The summed E-state index contributed by atoms with van der Waals surface area (Å²) in [7, 11) is -3.39. The van der Waals surface area contributed by atoms with E-state index in [-0.39, 0.29) is 23.9 Å². The molecule has 9 nitrogen and oxygen atoms in total. The van der Waals surface area contributed by atoms with Crippen molar-refractivity contribution in [2.75, 3.05) is 11.0 Å². The van der Waals surface area contributed by atoms with E-state index in [0.29, 0.717) is 16.9 Å². The standard InChI is InChI=1S/C28H33N5O4S/c1-6-7-20-12-18(4)31-27(34)23(20)15-29-28(35)25-14-21(13-24-26(17(2)3)30-16-33(24)25)19-8-10-22(11-9-19)32-38(5,36)37/h8-14,16-17,32H,6-7,15H2,1-5H3,(H,29,35)(H,31,34). The summed E-state index contributed by atoms with van der Waals surface area (Å²) >= 11 is 0. The number of carbonyl (C=O) groups is 1. The number of fused-ring (bicyclic) bond motifs is 1. The van der Waals surface area contributed by atoms with Crippen LogP contribution < -0.4 is 15.6 Å². The number of nitrogens with zero attached hydrogens (tertiary/aromatic N) is 2. The van der Waals surface area contributed by atoms with Crippen molar-refractivity contribution in [3.8, 4) is 11.1 Å². The van der Waals surface area contributed by atoms with Crippen molar-refractivity contribution in [3.63, 3.8) is 0 Å². The van der Waals surface area contributed by atoms with Crippen molar-refractivity contribution in [2.45, 2.75) is 53.0 Å². The first-order chi connectivity index (χ1) is 18.0. The molecule has 0 unspecified atom stereocenters. The molecule has 4 aromatic rings. The highest BCUT2D eigenvalue weighted by molar-refractivity contribution is 7.92. The van der Waals surface area contributed by atoms with E-state index >= 15 is 0 Å². The number of imidazole rings is 1. The van der Waals surface area contributed by atoms with Crippen molar-refractivity contribution in [3.05, 3.63) is 87.4 Å². The van der Waals surface area contributed by atoms with Crippen LogP contribution in [0.1, 0.15) is 66.1 Å². The van der Waals surface area contributed by atoms with E-state index in [1.54, 1.807) is 41.1 Å². The van der Waals surface area contributed by atoms with Crippen LogP contribution in [0.25, 0.3) is 16.6 Å². The molecule has 38 heavy (non-hydrogen) atoms. The van der Waals surface area contributed by atoms with Gasteiger partial charge in [-0.25, -0.2) is 13.4 Å². The highest BCUT2D eigenvalue weighted by Crippen LogP contribution is 2.28. The minimum Gasteiger partial charge on any atom is -0.346 e. The monoisotopic (exact) mass is 535 g/mol. The van der Waals surface area contributed by atoms with Gasteiger partial charge in [0.25, 0.3) is 11.5 Å². The molecule has 10 heteroatoms. The Morgan fingerprint density at radius 2 is 1.82 bits per heavy atom. The summed E-state index contributed by atoms with van der Waals surface area (Å²) in [5.41, 5.74) is 6.19. The number of hydrogen-bond donors (Lipinski definition) is 3. The summed E-state index contributed by atoms with van der Waals surface area (Å²) in [5.74, 6) is -0.197. The summed E-state index contributed by atoms with van der Waals surface area (Å²) in [5, 5.41) is 2.93. The Morgan fingerprint density at radius 1 is 1.11 bits per heavy atom. The van der Waals surface area contributed by atoms with Gasteiger partial charge in [-0.15, -0.1) is 0 Å². The van der Waals surface area contributed by atoms with Gasteiger partial charge < -0.3 is 10.3 Å². The Kier molecular flexibility index (Phi) is 7.73. The van der Waals surface area contributed by atoms with E-state index in [1.807, 2.05) is 32.9 Å². The van der Waals surface area contributed by atoms with Gasteiger partial charge in [0.2, 0.25) is 10.0 Å². The van der Waals surface area contributed by atoms with Crippen molar-refractivity contribution >= 4 is 27.1 Å². The second-order valence-electron chi connectivity index (χ2n) is 9.84. The van der Waals surface area contributed by atoms with Crippen LogP contribution in [0.2, 0.25) is 0 Å². The summed E-state index contributed by atoms with van der Waals surface area (Å²) in [4.78, 5) is 33.6. The number of rotatable bonds is 9. The second-order valence-corrected chi connectivity index (χ2v) is 11.6. The number of nitrogens with one attached hydrogen (secondary N) is 3. The van der Waals surface area contributed by atoms with Gasteiger partial charge in [0.1, 0.15) is 12.0 Å². The molecule has 0 aliphatic carbocycles. The first-order valence-electron chi connectivity index (χ1n) is 12.6. The largest absolute Gasteiger partial charge is 0.346 e. The molecule has 0 radical (unpaired) electrons. The molecule has 1 amide bonds. The first kappa shape index (κ1) is 27.1. The first-order valence-corrected chi connectivity index (χ1v) is 14.4. The maximum absolute atomic E-state index is 13.5. The van der Waals surface area contributed by atoms with E-state index < -0.39 is 10.0 Å². The zero-order chi connectivity index (χ0) is 27.6. The molecule has 0 bridgehead atoms. The molecule has 0 saturated carbocycles. The number of H-pyrrole nitrogens is 1. The SMILES string of the molecule is CCCc1cc(C)[nH]c(=O)c1CNC(=O)c1cc(-c2ccc(NS(C)(=O)=O)cc2)cc2c(C(C)C)ncn12. The third-order valence-electron chi connectivity index (χ3n) is 6.29. The summed E-state index contributed by atoms with van der Waals surface area (Å²) in [6.45, 7) is 8.09. The lowest BCUT2D eigenvalue weighted by Crippen LogP contribution is -2.29. The van der Waals surface area contributed by atoms with Gasteiger partial charge in [0, 0.05) is 23.5 Å². The summed E-state index contributed by atoms with van der Waals surface area (Å²) in [6, 6.07) is 12.7. The number of aryl methyl sites for hydroxylation is 2. The number of aromatic amines is 1. The Hall–Kier alpha value is -3.92. The smallest absolute Gasteiger partial charge is 0.268 e. The van der Waals surface area contributed by atoms with E-state index in [4.69, 9.17) is 0 Å². The Balaban J connectivity index is 1.72. The van der Waals surface area contributed by atoms with Crippen LogP contribution >= 0.6 is 0 Å². The third-order valence-corrected chi connectivity index (χ3v) is 6.89. The normalized spacial score (nSPS) is 11.7. The number of pyridine rings is 2. The molecule has 0 saturated heterocycles. The minimum atomic E-state index is -3.39. The molecule has 0 fully saturated rings. The van der Waals surface area contributed by atoms with Gasteiger partial charge in [-0.1, -0.05) is 39.3 Å². The fourth-order valence-electron chi connectivity index (χ4n) is 4.57. The number of benzene rings is 1. The zero-order valence-corrected chi connectivity index (χ0v) is 23.1. The van der Waals surface area contributed by atoms with Gasteiger partial charge >= 0.3 is 0 Å². The van der Waals surface area contributed by atoms with E-state index in [1.165, 1.54) is 0 Å². The average Bonchev–Trinajstić information content (AvgIpc) is 3.27. The Bertz CT molecular complexity index is 1650. The zero-order valence-electron chi connectivity index (χ0n) is 22.3. The molecule has 4 rings (SSSR count). The number of aromatic nitrogens is 3. The molecule has 0 aliphatic heterocycles. The summed E-state index contributed by atoms with van der Waals surface area (Å²) in [6.07, 6.45) is 4.38. The predicted octanol–water partition coefficient (Wildman–Crippen LogP) is 4.38. The molecular weight excluding hydrogens is 502 g/mol. The summed E-state index contributed by atoms with van der Waals surface area (Å²) < 4.78 is 27.4. The lowest BCUT2D eigenvalue weighted by atomic mass is 10.0. The van der Waals surface area contributed by atoms with Crippen LogP contribution in [0.3, 0.4) is 0 Å². The maximum Gasteiger partial charge on any atom is 0.268 e. The van der Waals surface area contributed by atoms with E-state index in [9.17, 15) is 18.0 Å². The quantitative estimate of drug-likeness (QED) is 0.293. The molecule has 0 atom stereocenters. The molecule has 3 aromatic heterocycles. The van der Waals surface area contributed by atoms with Crippen LogP contribution in [0.15, 0.2) is 53.6 Å². The average molecular weight is 536 g/mol. The number of anilines is 1. The van der Waals surface area contributed by atoms with Crippen LogP contribution in [-0.2, 0) is 23.0 Å². The van der Waals surface area contributed by atoms with Crippen LogP contribution in [-0.4, -0.2) is 34.9 Å². The van der Waals surface area contributed by atoms with Gasteiger partial charge in [0.15, 0.2) is 0 Å². The molecule has 3 N–H and O–H groups in total. The highest BCUT2D eigenvalue weighted by Gasteiger charge is 2.18. The topological polar surface area (TPSA) is 125 Å². The van der Waals surface area contributed by atoms with Crippen LogP contribution in [0.5, 0.6) is 0 Å². The van der Waals surface area contributed by atoms with Gasteiger partial charge in [-0.05, 0) is 66.3 Å². The molecule has 0 spiro atoms. The lowest BCUT2D eigenvalue weighted by Gasteiger charge is -2.14. The van der Waals surface area contributed by atoms with Crippen molar-refractivity contribution < 1.29 is 13.2 Å². The number of amides is 1. The van der Waals surface area contributed by atoms with Crippen LogP contribution in [0, 0.1) is 6.92 Å². The number of hydrogen-bond acceptors (Lipinski definition) is 5. The molecular formula is C28H33N5O4S. The highest BCUT2D eigenvalue weighted by atomic mass is 32.2. The van der Waals surface area contributed by atoms with E-state index in [0.717, 1.165) is 52.7 Å². The molecule has 0 aliphatic rings.